The third kappa shape index (κ3) is 3.41. The summed E-state index contributed by atoms with van der Waals surface area (Å²) in [5, 5.41) is 17.8. The Balaban J connectivity index is 3.21. The molecule has 0 unspecified atom stereocenters. The fourth-order valence-electron chi connectivity index (χ4n) is 1.48. The Labute approximate surface area is 115 Å². The Morgan fingerprint density at radius 2 is 2.21 bits per heavy atom. The average molecular weight is 305 g/mol. The maximum Gasteiger partial charge on any atom is 0.346 e. The molecule has 2 N–H and O–H groups in total. The van der Waals surface area contributed by atoms with Gasteiger partial charge in [0.15, 0.2) is 0 Å². The Morgan fingerprint density at radius 3 is 2.63 bits per heavy atom. The van der Waals surface area contributed by atoms with Crippen LogP contribution in [-0.4, -0.2) is 48.6 Å². The number of carbonyl (C=O) groups is 1. The van der Waals surface area contributed by atoms with E-state index in [4.69, 9.17) is 10.2 Å². The SMILES string of the molecule is C=CCN(CCO)S(=O)(=O)c1cc(C)c(C(=O)O)s1. The highest BCUT2D eigenvalue weighted by molar-refractivity contribution is 7.91. The Hall–Kier alpha value is -1.22. The summed E-state index contributed by atoms with van der Waals surface area (Å²) in [6.45, 7) is 4.69. The smallest absolute Gasteiger partial charge is 0.346 e. The van der Waals surface area contributed by atoms with Gasteiger partial charge in [-0.05, 0) is 18.6 Å². The Kier molecular flexibility index (Phi) is 5.24. The number of carboxylic acid groups (broad SMARTS) is 1. The molecule has 1 aromatic rings. The van der Waals surface area contributed by atoms with Gasteiger partial charge in [-0.2, -0.15) is 4.31 Å². The fourth-order valence-corrected chi connectivity index (χ4v) is 4.42. The van der Waals surface area contributed by atoms with Gasteiger partial charge in [-0.1, -0.05) is 6.08 Å². The van der Waals surface area contributed by atoms with Gasteiger partial charge in [0.05, 0.1) is 6.61 Å². The van der Waals surface area contributed by atoms with Crippen LogP contribution in [0.4, 0.5) is 0 Å². The molecule has 0 saturated carbocycles. The predicted molar refractivity (Wildman–Crippen MR) is 72.1 cm³/mol. The predicted octanol–water partition coefficient (Wildman–Crippen LogP) is 0.924. The van der Waals surface area contributed by atoms with E-state index < -0.39 is 16.0 Å². The van der Waals surface area contributed by atoms with Crippen LogP contribution in [0.15, 0.2) is 22.9 Å². The average Bonchev–Trinajstić information content (AvgIpc) is 2.72. The number of hydrogen-bond acceptors (Lipinski definition) is 5. The molecule has 0 fully saturated rings. The number of carboxylic acids is 1. The van der Waals surface area contributed by atoms with Crippen molar-refractivity contribution in [3.05, 3.63) is 29.2 Å². The standard InChI is InChI=1S/C11H15NO5S2/c1-3-4-12(5-6-13)19(16,17)9-7-8(2)10(18-9)11(14)15/h3,7,13H,1,4-6H2,2H3,(H,14,15). The van der Waals surface area contributed by atoms with Crippen LogP contribution in [0.1, 0.15) is 15.2 Å². The zero-order valence-electron chi connectivity index (χ0n) is 10.4. The number of aliphatic hydroxyl groups excluding tert-OH is 1. The fraction of sp³-hybridized carbons (Fsp3) is 0.364. The minimum Gasteiger partial charge on any atom is -0.477 e. The molecule has 0 spiro atoms. The maximum absolute atomic E-state index is 12.3. The largest absolute Gasteiger partial charge is 0.477 e. The van der Waals surface area contributed by atoms with Gasteiger partial charge in [0, 0.05) is 13.1 Å². The first kappa shape index (κ1) is 15.8. The lowest BCUT2D eigenvalue weighted by molar-refractivity contribution is 0.0701. The number of rotatable bonds is 7. The van der Waals surface area contributed by atoms with Crippen LogP contribution in [-0.2, 0) is 10.0 Å². The molecule has 19 heavy (non-hydrogen) atoms. The summed E-state index contributed by atoms with van der Waals surface area (Å²) in [5.74, 6) is -1.15. The second-order valence-electron chi connectivity index (χ2n) is 3.76. The monoisotopic (exact) mass is 305 g/mol. The van der Waals surface area contributed by atoms with Gasteiger partial charge in [0.2, 0.25) is 0 Å². The number of aromatic carboxylic acids is 1. The minimum atomic E-state index is -3.80. The van der Waals surface area contributed by atoms with Crippen molar-refractivity contribution in [2.45, 2.75) is 11.1 Å². The molecule has 0 amide bonds. The van der Waals surface area contributed by atoms with Gasteiger partial charge in [0.1, 0.15) is 9.09 Å². The first-order valence-corrected chi connectivity index (χ1v) is 7.66. The minimum absolute atomic E-state index is 0.00104. The third-order valence-electron chi connectivity index (χ3n) is 2.37. The van der Waals surface area contributed by atoms with Crippen LogP contribution in [0.25, 0.3) is 0 Å². The van der Waals surface area contributed by atoms with Crippen molar-refractivity contribution in [2.24, 2.45) is 0 Å². The number of nitrogens with zero attached hydrogens (tertiary/aromatic N) is 1. The van der Waals surface area contributed by atoms with Gasteiger partial charge in [-0.3, -0.25) is 0 Å². The van der Waals surface area contributed by atoms with E-state index in [1.165, 1.54) is 12.1 Å². The first-order valence-electron chi connectivity index (χ1n) is 5.40. The molecule has 1 heterocycles. The van der Waals surface area contributed by atoms with E-state index in [1.54, 1.807) is 6.92 Å². The molecule has 0 saturated heterocycles. The van der Waals surface area contributed by atoms with Crippen molar-refractivity contribution in [2.75, 3.05) is 19.7 Å². The summed E-state index contributed by atoms with van der Waals surface area (Å²) in [7, 11) is -3.80. The summed E-state index contributed by atoms with van der Waals surface area (Å²) in [6, 6.07) is 1.33. The molecular formula is C11H15NO5S2. The Morgan fingerprint density at radius 1 is 1.58 bits per heavy atom. The van der Waals surface area contributed by atoms with Gasteiger partial charge in [-0.15, -0.1) is 17.9 Å². The van der Waals surface area contributed by atoms with Crippen molar-refractivity contribution >= 4 is 27.3 Å². The number of aryl methyl sites for hydroxylation is 1. The quantitative estimate of drug-likeness (QED) is 0.731. The number of hydrogen-bond donors (Lipinski definition) is 2. The Bertz CT molecular complexity index is 576. The zero-order valence-corrected chi connectivity index (χ0v) is 12.0. The number of sulfonamides is 1. The lowest BCUT2D eigenvalue weighted by atomic mass is 10.3. The second kappa shape index (κ2) is 6.29. The van der Waals surface area contributed by atoms with Crippen molar-refractivity contribution in [1.82, 2.24) is 4.31 Å². The van der Waals surface area contributed by atoms with E-state index in [0.717, 1.165) is 4.31 Å². The molecule has 1 aromatic heterocycles. The lowest BCUT2D eigenvalue weighted by Gasteiger charge is -2.18. The first-order chi connectivity index (χ1) is 8.84. The second-order valence-corrected chi connectivity index (χ2v) is 6.98. The van der Waals surface area contributed by atoms with Gasteiger partial charge in [-0.25, -0.2) is 13.2 Å². The van der Waals surface area contributed by atoms with E-state index >= 15 is 0 Å². The summed E-state index contributed by atoms with van der Waals surface area (Å²) in [4.78, 5) is 10.9. The summed E-state index contributed by atoms with van der Waals surface area (Å²) < 4.78 is 25.6. The van der Waals surface area contributed by atoms with Crippen molar-refractivity contribution in [1.29, 1.82) is 0 Å². The number of aliphatic hydroxyl groups is 1. The number of thiophene rings is 1. The van der Waals surface area contributed by atoms with E-state index in [9.17, 15) is 13.2 Å². The van der Waals surface area contributed by atoms with E-state index in [-0.39, 0.29) is 28.8 Å². The van der Waals surface area contributed by atoms with Crippen LogP contribution in [0.5, 0.6) is 0 Å². The molecular weight excluding hydrogens is 290 g/mol. The van der Waals surface area contributed by atoms with Gasteiger partial charge >= 0.3 is 5.97 Å². The molecule has 1 rings (SSSR count). The highest BCUT2D eigenvalue weighted by Gasteiger charge is 2.27. The van der Waals surface area contributed by atoms with E-state index in [2.05, 4.69) is 6.58 Å². The third-order valence-corrected chi connectivity index (χ3v) is 5.91. The molecule has 0 aromatic carbocycles. The molecule has 0 aliphatic carbocycles. The molecule has 0 aliphatic heterocycles. The topological polar surface area (TPSA) is 94.9 Å². The molecule has 0 aliphatic rings. The van der Waals surface area contributed by atoms with Gasteiger partial charge in [0.25, 0.3) is 10.0 Å². The highest BCUT2D eigenvalue weighted by atomic mass is 32.2. The molecule has 106 valence electrons. The van der Waals surface area contributed by atoms with Crippen LogP contribution in [0, 0.1) is 6.92 Å². The van der Waals surface area contributed by atoms with Crippen LogP contribution in [0.2, 0.25) is 0 Å². The lowest BCUT2D eigenvalue weighted by Crippen LogP contribution is -2.33. The van der Waals surface area contributed by atoms with Crippen molar-refractivity contribution in [3.8, 4) is 0 Å². The molecule has 0 bridgehead atoms. The van der Waals surface area contributed by atoms with Crippen LogP contribution < -0.4 is 0 Å². The molecule has 6 nitrogen and oxygen atoms in total. The summed E-state index contributed by atoms with van der Waals surface area (Å²) >= 11 is 0.709. The summed E-state index contributed by atoms with van der Waals surface area (Å²) in [6.07, 6.45) is 1.41. The highest BCUT2D eigenvalue weighted by Crippen LogP contribution is 2.28. The van der Waals surface area contributed by atoms with Crippen LogP contribution in [0.3, 0.4) is 0 Å². The molecule has 8 heteroatoms. The maximum atomic E-state index is 12.3. The van der Waals surface area contributed by atoms with Crippen LogP contribution >= 0.6 is 11.3 Å². The normalized spacial score (nSPS) is 11.7. The zero-order chi connectivity index (χ0) is 14.6. The van der Waals surface area contributed by atoms with Gasteiger partial charge < -0.3 is 10.2 Å². The van der Waals surface area contributed by atoms with Crippen molar-refractivity contribution in [3.63, 3.8) is 0 Å². The summed E-state index contributed by atoms with van der Waals surface area (Å²) in [5.41, 5.74) is 0.402. The van der Waals surface area contributed by atoms with E-state index in [1.807, 2.05) is 0 Å². The molecule has 0 radical (unpaired) electrons. The van der Waals surface area contributed by atoms with E-state index in [0.29, 0.717) is 16.9 Å². The van der Waals surface area contributed by atoms with Crippen molar-refractivity contribution < 1.29 is 23.4 Å². The molecule has 0 atom stereocenters.